The number of benzene rings is 1. The summed E-state index contributed by atoms with van der Waals surface area (Å²) in [5.41, 5.74) is -0.294. The van der Waals surface area contributed by atoms with Crippen molar-refractivity contribution in [1.82, 2.24) is 5.32 Å². The number of amides is 1. The van der Waals surface area contributed by atoms with Crippen molar-refractivity contribution >= 4 is 28.5 Å². The van der Waals surface area contributed by atoms with Crippen molar-refractivity contribution in [2.45, 2.75) is 39.3 Å². The molecule has 1 aromatic carbocycles. The average Bonchev–Trinajstić information content (AvgIpc) is 2.24. The number of rotatable bonds is 4. The van der Waals surface area contributed by atoms with Gasteiger partial charge in [-0.05, 0) is 54.5 Å². The number of carbonyl (C=O) groups is 1. The maximum absolute atomic E-state index is 12.2. The number of hydrogen-bond acceptors (Lipinski definition) is 2. The Hall–Kier alpha value is -0.620. The lowest BCUT2D eigenvalue weighted by atomic mass is 9.89. The topological polar surface area (TPSA) is 49.3 Å². The highest BCUT2D eigenvalue weighted by Crippen LogP contribution is 2.18. The Bertz CT molecular complexity index is 424. The van der Waals surface area contributed by atoms with Crippen LogP contribution in [0.4, 0.5) is 0 Å². The molecule has 0 radical (unpaired) electrons. The van der Waals surface area contributed by atoms with Crippen LogP contribution in [0.2, 0.25) is 0 Å². The lowest BCUT2D eigenvalue weighted by molar-refractivity contribution is 0.0194. The summed E-state index contributed by atoms with van der Waals surface area (Å²) in [6, 6.07) is 7.14. The normalized spacial score (nSPS) is 13.5. The van der Waals surface area contributed by atoms with Gasteiger partial charge in [0.25, 0.3) is 5.91 Å². The van der Waals surface area contributed by atoms with Gasteiger partial charge < -0.3 is 10.4 Å². The van der Waals surface area contributed by atoms with Gasteiger partial charge in [0.2, 0.25) is 0 Å². The number of hydrogen-bond donors (Lipinski definition) is 2. The van der Waals surface area contributed by atoms with E-state index in [1.165, 1.54) is 0 Å². The molecule has 2 N–H and O–H groups in total. The molecule has 0 saturated carbocycles. The average molecular weight is 361 g/mol. The highest BCUT2D eigenvalue weighted by atomic mass is 127. The molecule has 0 spiro atoms. The van der Waals surface area contributed by atoms with E-state index >= 15 is 0 Å². The predicted molar refractivity (Wildman–Crippen MR) is 81.5 cm³/mol. The van der Waals surface area contributed by atoms with E-state index in [0.29, 0.717) is 5.56 Å². The van der Waals surface area contributed by atoms with Gasteiger partial charge in [-0.25, -0.2) is 0 Å². The molecule has 1 amide bonds. The van der Waals surface area contributed by atoms with Crippen molar-refractivity contribution in [3.05, 3.63) is 33.4 Å². The summed E-state index contributed by atoms with van der Waals surface area (Å²) < 4.78 is 0.908. The van der Waals surface area contributed by atoms with Crippen molar-refractivity contribution in [2.24, 2.45) is 5.92 Å². The fourth-order valence-corrected chi connectivity index (χ4v) is 2.66. The summed E-state index contributed by atoms with van der Waals surface area (Å²) >= 11 is 2.14. The van der Waals surface area contributed by atoms with E-state index in [1.54, 1.807) is 19.9 Å². The number of halogens is 1. The SMILES string of the molecule is CC(C)[C@H](NC(=O)c1ccccc1I)C(C)(C)O. The van der Waals surface area contributed by atoms with Gasteiger partial charge in [-0.15, -0.1) is 0 Å². The van der Waals surface area contributed by atoms with E-state index in [4.69, 9.17) is 0 Å². The second-order valence-electron chi connectivity index (χ2n) is 5.33. The largest absolute Gasteiger partial charge is 0.388 e. The van der Waals surface area contributed by atoms with Gasteiger partial charge >= 0.3 is 0 Å². The first-order chi connectivity index (χ1) is 8.23. The molecule has 1 aromatic rings. The van der Waals surface area contributed by atoms with Crippen molar-refractivity contribution < 1.29 is 9.90 Å². The molecular formula is C14H20INO2. The molecule has 1 rings (SSSR count). The Morgan fingerprint density at radius 3 is 2.33 bits per heavy atom. The maximum Gasteiger partial charge on any atom is 0.252 e. The first-order valence-corrected chi connectivity index (χ1v) is 7.09. The minimum Gasteiger partial charge on any atom is -0.388 e. The molecule has 0 aliphatic carbocycles. The third-order valence-corrected chi connectivity index (χ3v) is 3.77. The van der Waals surface area contributed by atoms with Crippen LogP contribution in [0.15, 0.2) is 24.3 Å². The van der Waals surface area contributed by atoms with E-state index in [-0.39, 0.29) is 17.9 Å². The Balaban J connectivity index is 2.90. The molecule has 100 valence electrons. The monoisotopic (exact) mass is 361 g/mol. The lowest BCUT2D eigenvalue weighted by Gasteiger charge is -2.33. The zero-order valence-electron chi connectivity index (χ0n) is 11.2. The Morgan fingerprint density at radius 2 is 1.89 bits per heavy atom. The van der Waals surface area contributed by atoms with Crippen LogP contribution in [-0.4, -0.2) is 22.7 Å². The smallest absolute Gasteiger partial charge is 0.252 e. The highest BCUT2D eigenvalue weighted by Gasteiger charge is 2.31. The molecule has 0 aromatic heterocycles. The summed E-state index contributed by atoms with van der Waals surface area (Å²) in [5, 5.41) is 13.0. The molecule has 18 heavy (non-hydrogen) atoms. The summed E-state index contributed by atoms with van der Waals surface area (Å²) in [4.78, 5) is 12.2. The quantitative estimate of drug-likeness (QED) is 0.811. The van der Waals surface area contributed by atoms with Crippen molar-refractivity contribution in [2.75, 3.05) is 0 Å². The van der Waals surface area contributed by atoms with Crippen LogP contribution in [0.1, 0.15) is 38.1 Å². The van der Waals surface area contributed by atoms with Crippen molar-refractivity contribution in [3.8, 4) is 0 Å². The molecule has 0 aliphatic heterocycles. The van der Waals surface area contributed by atoms with Gasteiger partial charge in [-0.2, -0.15) is 0 Å². The van der Waals surface area contributed by atoms with Gasteiger partial charge in [0.15, 0.2) is 0 Å². The predicted octanol–water partition coefficient (Wildman–Crippen LogP) is 2.82. The first-order valence-electron chi connectivity index (χ1n) is 6.01. The maximum atomic E-state index is 12.2. The summed E-state index contributed by atoms with van der Waals surface area (Å²) in [7, 11) is 0. The molecule has 0 unspecified atom stereocenters. The third-order valence-electron chi connectivity index (χ3n) is 2.83. The standard InChI is InChI=1S/C14H20INO2/c1-9(2)12(14(3,4)18)16-13(17)10-7-5-6-8-11(10)15/h5-9,12,18H,1-4H3,(H,16,17)/t12-/m0/s1. The fraction of sp³-hybridized carbons (Fsp3) is 0.500. The Morgan fingerprint density at radius 1 is 1.33 bits per heavy atom. The van der Waals surface area contributed by atoms with E-state index in [2.05, 4.69) is 27.9 Å². The van der Waals surface area contributed by atoms with E-state index < -0.39 is 5.60 Å². The highest BCUT2D eigenvalue weighted by molar-refractivity contribution is 14.1. The fourth-order valence-electron chi connectivity index (χ4n) is 2.02. The van der Waals surface area contributed by atoms with Crippen LogP contribution in [-0.2, 0) is 0 Å². The molecule has 0 fully saturated rings. The van der Waals surface area contributed by atoms with E-state index in [9.17, 15) is 9.90 Å². The van der Waals surface area contributed by atoms with Gasteiger partial charge in [0, 0.05) is 3.57 Å². The molecule has 4 heteroatoms. The summed E-state index contributed by atoms with van der Waals surface area (Å²) in [6.45, 7) is 7.40. The van der Waals surface area contributed by atoms with Gasteiger partial charge in [0.1, 0.15) is 0 Å². The molecule has 0 heterocycles. The molecule has 0 saturated heterocycles. The van der Waals surface area contributed by atoms with Gasteiger partial charge in [-0.3, -0.25) is 4.79 Å². The number of aliphatic hydroxyl groups is 1. The van der Waals surface area contributed by atoms with E-state index in [0.717, 1.165) is 3.57 Å². The molecule has 0 bridgehead atoms. The molecule has 3 nitrogen and oxygen atoms in total. The zero-order valence-corrected chi connectivity index (χ0v) is 13.4. The van der Waals surface area contributed by atoms with Crippen LogP contribution in [0.5, 0.6) is 0 Å². The summed E-state index contributed by atoms with van der Waals surface area (Å²) in [6.07, 6.45) is 0. The van der Waals surface area contributed by atoms with Gasteiger partial charge in [-0.1, -0.05) is 26.0 Å². The Labute approximate surface area is 122 Å². The van der Waals surface area contributed by atoms with Crippen molar-refractivity contribution in [1.29, 1.82) is 0 Å². The Kier molecular flexibility index (Phi) is 5.16. The van der Waals surface area contributed by atoms with Crippen LogP contribution >= 0.6 is 22.6 Å². The minimum atomic E-state index is -0.940. The summed E-state index contributed by atoms with van der Waals surface area (Å²) in [5.74, 6) is 0.0242. The zero-order chi connectivity index (χ0) is 13.9. The van der Waals surface area contributed by atoms with Crippen LogP contribution in [0, 0.1) is 9.49 Å². The first kappa shape index (κ1) is 15.4. The second-order valence-corrected chi connectivity index (χ2v) is 6.49. The third kappa shape index (κ3) is 3.95. The van der Waals surface area contributed by atoms with E-state index in [1.807, 2.05) is 32.0 Å². The van der Waals surface area contributed by atoms with Crippen LogP contribution in [0.25, 0.3) is 0 Å². The number of nitrogens with one attached hydrogen (secondary N) is 1. The molecular weight excluding hydrogens is 341 g/mol. The minimum absolute atomic E-state index is 0.138. The molecule has 0 aliphatic rings. The van der Waals surface area contributed by atoms with Gasteiger partial charge in [0.05, 0.1) is 17.2 Å². The van der Waals surface area contributed by atoms with Crippen molar-refractivity contribution in [3.63, 3.8) is 0 Å². The second kappa shape index (κ2) is 6.02. The molecule has 1 atom stereocenters. The van der Waals surface area contributed by atoms with Crippen LogP contribution in [0.3, 0.4) is 0 Å². The van der Waals surface area contributed by atoms with Crippen LogP contribution < -0.4 is 5.32 Å². The number of carbonyl (C=O) groups excluding carboxylic acids is 1. The lowest BCUT2D eigenvalue weighted by Crippen LogP contribution is -2.52.